The first-order valence-electron chi connectivity index (χ1n) is 12.3. The highest BCUT2D eigenvalue weighted by Crippen LogP contribution is 2.41. The molecular formula is C25H31F3N6O3S. The van der Waals surface area contributed by atoms with Crippen LogP contribution in [0.2, 0.25) is 0 Å². The number of hydrogen-bond acceptors (Lipinski definition) is 9. The molecule has 4 rings (SSSR count). The smallest absolute Gasteiger partial charge is 0.419 e. The summed E-state index contributed by atoms with van der Waals surface area (Å²) in [4.78, 5) is 6.39. The fourth-order valence-corrected chi connectivity index (χ4v) is 5.28. The average Bonchev–Trinajstić information content (AvgIpc) is 3.15. The number of benzene rings is 1. The van der Waals surface area contributed by atoms with Crippen LogP contribution in [-0.4, -0.2) is 75.8 Å². The van der Waals surface area contributed by atoms with E-state index in [-0.39, 0.29) is 35.1 Å². The molecule has 0 spiro atoms. The van der Waals surface area contributed by atoms with Crippen LogP contribution in [0.4, 0.5) is 24.5 Å². The zero-order valence-electron chi connectivity index (χ0n) is 21.5. The second kappa shape index (κ2) is 11.0. The number of sulfone groups is 1. The Morgan fingerprint density at radius 1 is 1.21 bits per heavy atom. The lowest BCUT2D eigenvalue weighted by molar-refractivity contribution is -0.138. The molecule has 3 heterocycles. The number of ether oxygens (including phenoxy) is 1. The van der Waals surface area contributed by atoms with Crippen molar-refractivity contribution in [1.29, 1.82) is 5.26 Å². The van der Waals surface area contributed by atoms with Gasteiger partial charge in [0.1, 0.15) is 27.3 Å². The molecule has 206 valence electrons. The normalized spacial score (nSPS) is 17.2. The molecule has 1 aromatic carbocycles. The van der Waals surface area contributed by atoms with Crippen LogP contribution in [0.25, 0.3) is 11.3 Å². The molecule has 1 saturated heterocycles. The number of pyridine rings is 1. The molecule has 1 N–H and O–H groups in total. The Labute approximate surface area is 220 Å². The van der Waals surface area contributed by atoms with Gasteiger partial charge in [0.05, 0.1) is 29.3 Å². The van der Waals surface area contributed by atoms with E-state index in [9.17, 15) is 26.9 Å². The summed E-state index contributed by atoms with van der Waals surface area (Å²) >= 11 is 0. The molecule has 2 aliphatic rings. The third-order valence-corrected chi connectivity index (χ3v) is 7.95. The minimum absolute atomic E-state index is 0.0879. The lowest BCUT2D eigenvalue weighted by Crippen LogP contribution is -2.37. The third kappa shape index (κ3) is 6.48. The molecule has 2 aliphatic heterocycles. The Morgan fingerprint density at radius 3 is 2.55 bits per heavy atom. The highest BCUT2D eigenvalue weighted by atomic mass is 32.2. The van der Waals surface area contributed by atoms with Gasteiger partial charge >= 0.3 is 6.18 Å². The van der Waals surface area contributed by atoms with Crippen LogP contribution in [0.15, 0.2) is 24.3 Å². The summed E-state index contributed by atoms with van der Waals surface area (Å²) in [7, 11) is 0.504. The molecule has 1 aromatic heterocycles. The number of nitrogens with zero attached hydrogens (tertiary/aromatic N) is 5. The molecule has 0 aliphatic carbocycles. The molecule has 9 nitrogen and oxygen atoms in total. The summed E-state index contributed by atoms with van der Waals surface area (Å²) in [5, 5.41) is 12.9. The van der Waals surface area contributed by atoms with E-state index in [2.05, 4.69) is 15.3 Å². The van der Waals surface area contributed by atoms with E-state index in [0.29, 0.717) is 30.3 Å². The highest BCUT2D eigenvalue weighted by molar-refractivity contribution is 7.90. The zero-order chi connectivity index (χ0) is 27.7. The van der Waals surface area contributed by atoms with E-state index in [1.807, 2.05) is 6.07 Å². The summed E-state index contributed by atoms with van der Waals surface area (Å²) in [6.07, 6.45) is -1.10. The molecule has 2 aromatic rings. The summed E-state index contributed by atoms with van der Waals surface area (Å²) < 4.78 is 70.3. The first kappa shape index (κ1) is 27.9. The molecule has 0 amide bonds. The Bertz CT molecular complexity index is 1320. The van der Waals surface area contributed by atoms with Gasteiger partial charge in [-0.15, -0.1) is 5.12 Å². The molecular weight excluding hydrogens is 521 g/mol. The first-order chi connectivity index (χ1) is 17.9. The van der Waals surface area contributed by atoms with Crippen molar-refractivity contribution in [3.8, 4) is 23.1 Å². The monoisotopic (exact) mass is 552 g/mol. The largest absolute Gasteiger partial charge is 0.493 e. The van der Waals surface area contributed by atoms with E-state index in [1.54, 1.807) is 30.3 Å². The van der Waals surface area contributed by atoms with Gasteiger partial charge in [-0.2, -0.15) is 18.4 Å². The van der Waals surface area contributed by atoms with Gasteiger partial charge in [0.2, 0.25) is 0 Å². The van der Waals surface area contributed by atoms with Crippen LogP contribution in [-0.2, 0) is 16.0 Å². The number of nitriles is 1. The van der Waals surface area contributed by atoms with E-state index < -0.39 is 21.6 Å². The van der Waals surface area contributed by atoms with Gasteiger partial charge in [-0.1, -0.05) is 0 Å². The van der Waals surface area contributed by atoms with Crippen LogP contribution >= 0.6 is 0 Å². The summed E-state index contributed by atoms with van der Waals surface area (Å²) in [6.45, 7) is 2.18. The van der Waals surface area contributed by atoms with Crippen molar-refractivity contribution in [2.24, 2.45) is 5.92 Å². The van der Waals surface area contributed by atoms with Crippen molar-refractivity contribution in [3.63, 3.8) is 0 Å². The van der Waals surface area contributed by atoms with Crippen molar-refractivity contribution >= 4 is 21.2 Å². The predicted octanol–water partition coefficient (Wildman–Crippen LogP) is 3.79. The molecule has 13 heteroatoms. The Balaban J connectivity index is 1.44. The third-order valence-electron chi connectivity index (χ3n) is 7.03. The SMILES string of the molecule is CN1Nc2c(cc(-c3ccc(OCCC4CCN(CCS(C)(=O)=O)CC4)c(C(F)(F)F)c3)nc2C#N)N1C. The number of aromatic nitrogens is 1. The number of halogens is 3. The summed E-state index contributed by atoms with van der Waals surface area (Å²) in [5.41, 5.74) is 3.81. The molecule has 38 heavy (non-hydrogen) atoms. The number of anilines is 2. The standard InChI is InChI=1S/C25H31F3N6O3S/c1-32-22-15-20(30-21(16-29)24(22)31-33(32)2)18-4-5-23(19(14-18)25(26,27)28)37-12-8-17-6-9-34(10-7-17)11-13-38(3,35)36/h4-5,14-15,17,31H,6-13H2,1-3H3. The fraction of sp³-hybridized carbons (Fsp3) is 0.520. The molecule has 0 atom stereocenters. The van der Waals surface area contributed by atoms with Gasteiger partial charge in [0, 0.05) is 32.5 Å². The first-order valence-corrected chi connectivity index (χ1v) is 14.4. The van der Waals surface area contributed by atoms with Gasteiger partial charge in [0.25, 0.3) is 0 Å². The maximum atomic E-state index is 14.0. The van der Waals surface area contributed by atoms with Gasteiger partial charge in [-0.3, -0.25) is 10.4 Å². The summed E-state index contributed by atoms with van der Waals surface area (Å²) in [5.74, 6) is 0.189. The average molecular weight is 553 g/mol. The number of alkyl halides is 3. The topological polar surface area (TPSA) is 102 Å². The van der Waals surface area contributed by atoms with Gasteiger partial charge < -0.3 is 9.64 Å². The lowest BCUT2D eigenvalue weighted by atomic mass is 9.94. The molecule has 0 bridgehead atoms. The number of nitrogens with one attached hydrogen (secondary N) is 1. The van der Waals surface area contributed by atoms with Crippen LogP contribution < -0.4 is 15.2 Å². The second-order valence-corrected chi connectivity index (χ2v) is 12.0. The van der Waals surface area contributed by atoms with E-state index in [0.717, 1.165) is 32.0 Å². The molecule has 1 fully saturated rings. The van der Waals surface area contributed by atoms with Gasteiger partial charge in [-0.05, 0) is 62.5 Å². The number of likely N-dealkylation sites (tertiary alicyclic amines) is 1. The van der Waals surface area contributed by atoms with Crippen LogP contribution in [0.1, 0.15) is 30.5 Å². The van der Waals surface area contributed by atoms with E-state index in [4.69, 9.17) is 4.74 Å². The van der Waals surface area contributed by atoms with Gasteiger partial charge in [0.15, 0.2) is 5.69 Å². The minimum Gasteiger partial charge on any atom is -0.493 e. The summed E-state index contributed by atoms with van der Waals surface area (Å²) in [6, 6.07) is 7.49. The van der Waals surface area contributed by atoms with Crippen molar-refractivity contribution in [2.75, 3.05) is 62.8 Å². The van der Waals surface area contributed by atoms with Crippen LogP contribution in [0.5, 0.6) is 5.75 Å². The number of fused-ring (bicyclic) bond motifs is 1. The van der Waals surface area contributed by atoms with Crippen molar-refractivity contribution in [1.82, 2.24) is 15.0 Å². The predicted molar refractivity (Wildman–Crippen MR) is 138 cm³/mol. The Kier molecular flexibility index (Phi) is 8.06. The Hall–Kier alpha value is -3.08. The fourth-order valence-electron chi connectivity index (χ4n) is 4.69. The molecule has 0 saturated carbocycles. The second-order valence-electron chi connectivity index (χ2n) is 9.78. The molecule has 0 unspecified atom stereocenters. The highest BCUT2D eigenvalue weighted by Gasteiger charge is 2.35. The maximum absolute atomic E-state index is 14.0. The maximum Gasteiger partial charge on any atom is 0.419 e. The van der Waals surface area contributed by atoms with Crippen molar-refractivity contribution in [2.45, 2.75) is 25.4 Å². The van der Waals surface area contributed by atoms with Crippen molar-refractivity contribution in [3.05, 3.63) is 35.5 Å². The molecule has 0 radical (unpaired) electrons. The Morgan fingerprint density at radius 2 is 1.92 bits per heavy atom. The van der Waals surface area contributed by atoms with Crippen LogP contribution in [0, 0.1) is 17.2 Å². The lowest BCUT2D eigenvalue weighted by Gasteiger charge is -2.31. The van der Waals surface area contributed by atoms with E-state index >= 15 is 0 Å². The van der Waals surface area contributed by atoms with Crippen molar-refractivity contribution < 1.29 is 26.3 Å². The zero-order valence-corrected chi connectivity index (χ0v) is 22.4. The quantitative estimate of drug-likeness (QED) is 0.524. The number of rotatable bonds is 8. The van der Waals surface area contributed by atoms with E-state index in [1.165, 1.54) is 18.4 Å². The number of hydrazine groups is 2. The van der Waals surface area contributed by atoms with Gasteiger partial charge in [-0.25, -0.2) is 13.4 Å². The number of hydrogen-bond donors (Lipinski definition) is 1. The van der Waals surface area contributed by atoms with Crippen LogP contribution in [0.3, 0.4) is 0 Å². The number of piperidine rings is 1. The minimum atomic E-state index is -4.64.